The van der Waals surface area contributed by atoms with Crippen LogP contribution in [0.25, 0.3) is 0 Å². The third-order valence-electron chi connectivity index (χ3n) is 3.63. The highest BCUT2D eigenvalue weighted by Gasteiger charge is 2.21. The maximum atomic E-state index is 11.0. The van der Waals surface area contributed by atoms with Gasteiger partial charge in [-0.15, -0.1) is 0 Å². The van der Waals surface area contributed by atoms with E-state index in [1.807, 2.05) is 7.05 Å². The Bertz CT molecular complexity index is 459. The van der Waals surface area contributed by atoms with Gasteiger partial charge in [-0.25, -0.2) is 0 Å². The number of benzene rings is 1. The Kier molecular flexibility index (Phi) is 4.74. The van der Waals surface area contributed by atoms with Crippen LogP contribution in [0, 0.1) is 10.1 Å². The molecule has 0 atom stereocenters. The molecule has 1 aliphatic heterocycles. The topological polar surface area (TPSA) is 58.4 Å². The Morgan fingerprint density at radius 1 is 1.47 bits per heavy atom. The smallest absolute Gasteiger partial charge is 0.273 e. The van der Waals surface area contributed by atoms with Crippen LogP contribution in [0.15, 0.2) is 18.2 Å². The van der Waals surface area contributed by atoms with Gasteiger partial charge in [0.1, 0.15) is 0 Å². The second-order valence-electron chi connectivity index (χ2n) is 4.87. The largest absolute Gasteiger partial charge is 0.317 e. The van der Waals surface area contributed by atoms with E-state index in [0.29, 0.717) is 23.2 Å². The second-order valence-corrected chi connectivity index (χ2v) is 5.31. The van der Waals surface area contributed by atoms with E-state index in [1.165, 1.54) is 6.07 Å². The molecule has 1 aromatic rings. The molecule has 0 radical (unpaired) electrons. The zero-order valence-corrected chi connectivity index (χ0v) is 11.7. The zero-order valence-electron chi connectivity index (χ0n) is 10.9. The van der Waals surface area contributed by atoms with E-state index in [1.54, 1.807) is 12.1 Å². The van der Waals surface area contributed by atoms with Gasteiger partial charge in [-0.1, -0.05) is 11.6 Å². The molecule has 1 aromatic carbocycles. The summed E-state index contributed by atoms with van der Waals surface area (Å²) in [5, 5.41) is 14.8. The van der Waals surface area contributed by atoms with Crippen molar-refractivity contribution in [2.75, 3.05) is 20.1 Å². The van der Waals surface area contributed by atoms with Crippen molar-refractivity contribution in [2.45, 2.75) is 25.4 Å². The first-order chi connectivity index (χ1) is 9.10. The van der Waals surface area contributed by atoms with Crippen LogP contribution in [-0.2, 0) is 6.54 Å². The minimum absolute atomic E-state index is 0.153. The van der Waals surface area contributed by atoms with Gasteiger partial charge in [-0.2, -0.15) is 0 Å². The van der Waals surface area contributed by atoms with Crippen molar-refractivity contribution in [3.8, 4) is 0 Å². The fourth-order valence-electron chi connectivity index (χ4n) is 2.48. The molecule has 0 amide bonds. The van der Waals surface area contributed by atoms with Crippen LogP contribution >= 0.6 is 11.6 Å². The average molecular weight is 284 g/mol. The van der Waals surface area contributed by atoms with Crippen LogP contribution in [-0.4, -0.2) is 36.0 Å². The van der Waals surface area contributed by atoms with E-state index in [2.05, 4.69) is 10.2 Å². The molecule has 0 spiro atoms. The Balaban J connectivity index is 2.06. The van der Waals surface area contributed by atoms with Gasteiger partial charge in [0.25, 0.3) is 5.69 Å². The molecule has 1 aliphatic rings. The lowest BCUT2D eigenvalue weighted by Gasteiger charge is -2.31. The maximum absolute atomic E-state index is 11.0. The van der Waals surface area contributed by atoms with Crippen LogP contribution in [0.4, 0.5) is 5.69 Å². The summed E-state index contributed by atoms with van der Waals surface area (Å²) in [6.07, 6.45) is 2.15. The van der Waals surface area contributed by atoms with Gasteiger partial charge in [0, 0.05) is 29.2 Å². The van der Waals surface area contributed by atoms with Crippen molar-refractivity contribution in [1.82, 2.24) is 10.2 Å². The Hall–Kier alpha value is -1.17. The van der Waals surface area contributed by atoms with E-state index in [4.69, 9.17) is 11.6 Å². The fraction of sp³-hybridized carbons (Fsp3) is 0.538. The summed E-state index contributed by atoms with van der Waals surface area (Å²) in [6.45, 7) is 2.50. The fourth-order valence-corrected chi connectivity index (χ4v) is 2.67. The van der Waals surface area contributed by atoms with Gasteiger partial charge in [0.05, 0.1) is 4.92 Å². The third-order valence-corrected chi connectivity index (χ3v) is 3.86. The monoisotopic (exact) mass is 283 g/mol. The molecule has 6 heteroatoms. The Morgan fingerprint density at radius 3 is 2.74 bits per heavy atom. The number of piperidine rings is 1. The highest BCUT2D eigenvalue weighted by Crippen LogP contribution is 2.25. The van der Waals surface area contributed by atoms with Gasteiger partial charge in [-0.05, 0) is 45.1 Å². The van der Waals surface area contributed by atoms with Crippen molar-refractivity contribution in [1.29, 1.82) is 0 Å². The number of nitrogens with one attached hydrogen (secondary N) is 1. The highest BCUT2D eigenvalue weighted by molar-refractivity contribution is 6.30. The predicted molar refractivity (Wildman–Crippen MR) is 75.5 cm³/mol. The van der Waals surface area contributed by atoms with Crippen LogP contribution in [0.1, 0.15) is 18.4 Å². The quantitative estimate of drug-likeness (QED) is 0.681. The van der Waals surface area contributed by atoms with Gasteiger partial charge < -0.3 is 5.32 Å². The summed E-state index contributed by atoms with van der Waals surface area (Å²) in [5.74, 6) is 0. The molecule has 1 saturated heterocycles. The van der Waals surface area contributed by atoms with Crippen LogP contribution in [0.3, 0.4) is 0 Å². The molecule has 0 unspecified atom stereocenters. The minimum atomic E-state index is -0.341. The molecule has 0 aromatic heterocycles. The molecule has 5 nitrogen and oxygen atoms in total. The molecule has 0 bridgehead atoms. The molecule has 1 fully saturated rings. The number of hydrogen-bond acceptors (Lipinski definition) is 4. The maximum Gasteiger partial charge on any atom is 0.273 e. The lowest BCUT2D eigenvalue weighted by Crippen LogP contribution is -2.40. The first-order valence-electron chi connectivity index (χ1n) is 6.42. The van der Waals surface area contributed by atoms with E-state index < -0.39 is 0 Å². The lowest BCUT2D eigenvalue weighted by molar-refractivity contribution is -0.385. The van der Waals surface area contributed by atoms with Crippen molar-refractivity contribution < 1.29 is 4.92 Å². The summed E-state index contributed by atoms with van der Waals surface area (Å²) in [7, 11) is 1.97. The summed E-state index contributed by atoms with van der Waals surface area (Å²) in [4.78, 5) is 12.9. The number of nitro benzene ring substituents is 1. The normalized spacial score (nSPS) is 17.6. The molecule has 0 saturated carbocycles. The molecule has 1 heterocycles. The van der Waals surface area contributed by atoms with Crippen molar-refractivity contribution in [2.24, 2.45) is 0 Å². The third kappa shape index (κ3) is 3.65. The second kappa shape index (κ2) is 6.32. The average Bonchev–Trinajstić information content (AvgIpc) is 2.39. The van der Waals surface area contributed by atoms with E-state index in [-0.39, 0.29) is 10.6 Å². The number of nitro groups is 1. The minimum Gasteiger partial charge on any atom is -0.317 e. The lowest BCUT2D eigenvalue weighted by atomic mass is 10.0. The number of nitrogens with zero attached hydrogens (tertiary/aromatic N) is 2. The zero-order chi connectivity index (χ0) is 13.8. The first kappa shape index (κ1) is 14.2. The van der Waals surface area contributed by atoms with E-state index in [9.17, 15) is 10.1 Å². The molecule has 1 N–H and O–H groups in total. The van der Waals surface area contributed by atoms with E-state index in [0.717, 1.165) is 25.9 Å². The molecule has 2 rings (SSSR count). The van der Waals surface area contributed by atoms with Crippen molar-refractivity contribution in [3.05, 3.63) is 38.9 Å². The predicted octanol–water partition coefficient (Wildman–Crippen LogP) is 2.43. The SMILES string of the molecule is CNC1CCN(Cc2cc(Cl)ccc2[N+](=O)[O-])CC1. The molecule has 19 heavy (non-hydrogen) atoms. The number of rotatable bonds is 4. The van der Waals surface area contributed by atoms with Crippen molar-refractivity contribution >= 4 is 17.3 Å². The molecular formula is C13H18ClN3O2. The van der Waals surface area contributed by atoms with E-state index >= 15 is 0 Å². The van der Waals surface area contributed by atoms with Crippen LogP contribution in [0.5, 0.6) is 0 Å². The Labute approximate surface area is 117 Å². The molecule has 104 valence electrons. The first-order valence-corrected chi connectivity index (χ1v) is 6.80. The van der Waals surface area contributed by atoms with Gasteiger partial charge in [0.2, 0.25) is 0 Å². The number of halogens is 1. The molecular weight excluding hydrogens is 266 g/mol. The Morgan fingerprint density at radius 2 is 2.16 bits per heavy atom. The number of likely N-dealkylation sites (tertiary alicyclic amines) is 1. The van der Waals surface area contributed by atoms with Gasteiger partial charge >= 0.3 is 0 Å². The summed E-state index contributed by atoms with van der Waals surface area (Å²) < 4.78 is 0. The summed E-state index contributed by atoms with van der Waals surface area (Å²) in [6, 6.07) is 5.31. The van der Waals surface area contributed by atoms with Crippen molar-refractivity contribution in [3.63, 3.8) is 0 Å². The van der Waals surface area contributed by atoms with Crippen LogP contribution in [0.2, 0.25) is 5.02 Å². The van der Waals surface area contributed by atoms with Crippen LogP contribution < -0.4 is 5.32 Å². The summed E-state index contributed by atoms with van der Waals surface area (Å²) in [5.41, 5.74) is 0.848. The molecule has 0 aliphatic carbocycles. The standard InChI is InChI=1S/C13H18ClN3O2/c1-15-12-4-6-16(7-5-12)9-10-8-11(14)2-3-13(10)17(18)19/h2-3,8,12,15H,4-7,9H2,1H3. The highest BCUT2D eigenvalue weighted by atomic mass is 35.5. The van der Waals surface area contributed by atoms with Gasteiger partial charge in [0.15, 0.2) is 0 Å². The summed E-state index contributed by atoms with van der Waals surface area (Å²) >= 11 is 5.93. The van der Waals surface area contributed by atoms with Gasteiger partial charge in [-0.3, -0.25) is 15.0 Å². The number of hydrogen-bond donors (Lipinski definition) is 1.